The zero-order valence-corrected chi connectivity index (χ0v) is 14.8. The molecule has 4 rings (SSSR count). The Morgan fingerprint density at radius 1 is 1.00 bits per heavy atom. The van der Waals surface area contributed by atoms with Crippen molar-refractivity contribution in [2.24, 2.45) is 0 Å². The summed E-state index contributed by atoms with van der Waals surface area (Å²) in [7, 11) is 0. The Labute approximate surface area is 156 Å². The Balaban J connectivity index is 1.26. The molecule has 0 bridgehead atoms. The predicted octanol–water partition coefficient (Wildman–Crippen LogP) is 1.09. The van der Waals surface area contributed by atoms with Crippen LogP contribution in [0.2, 0.25) is 0 Å². The Hall–Kier alpha value is -3.49. The lowest BCUT2D eigenvalue weighted by Crippen LogP contribution is -2.52. The second-order valence-corrected chi connectivity index (χ2v) is 6.16. The number of urea groups is 1. The molecule has 0 atom stereocenters. The molecule has 27 heavy (non-hydrogen) atoms. The van der Waals surface area contributed by atoms with E-state index in [1.807, 2.05) is 29.3 Å². The molecule has 1 fully saturated rings. The molecule has 0 radical (unpaired) electrons. The summed E-state index contributed by atoms with van der Waals surface area (Å²) in [5.74, 6) is 1.45. The van der Waals surface area contributed by atoms with E-state index in [1.165, 1.54) is 0 Å². The molecule has 0 aliphatic carbocycles. The summed E-state index contributed by atoms with van der Waals surface area (Å²) >= 11 is 0. The Bertz CT molecular complexity index is 858. The van der Waals surface area contributed by atoms with Gasteiger partial charge in [0.05, 0.1) is 0 Å². The van der Waals surface area contributed by atoms with Crippen LogP contribution >= 0.6 is 0 Å². The second-order valence-electron chi connectivity index (χ2n) is 6.16. The van der Waals surface area contributed by atoms with E-state index < -0.39 is 0 Å². The summed E-state index contributed by atoms with van der Waals surface area (Å²) in [4.78, 5) is 29.2. The zero-order chi connectivity index (χ0) is 18.5. The number of aromatic nitrogens is 5. The van der Waals surface area contributed by atoms with Gasteiger partial charge in [-0.25, -0.2) is 24.4 Å². The number of amides is 2. The smallest absolute Gasteiger partial charge is 0.317 e. The van der Waals surface area contributed by atoms with Crippen molar-refractivity contribution in [3.8, 4) is 5.82 Å². The lowest BCUT2D eigenvalue weighted by atomic mass is 10.3. The van der Waals surface area contributed by atoms with E-state index in [9.17, 15) is 4.79 Å². The maximum atomic E-state index is 12.4. The largest absolute Gasteiger partial charge is 0.337 e. The number of carbonyl (C=O) groups excluding carboxylic acids is 1. The summed E-state index contributed by atoms with van der Waals surface area (Å²) in [6.45, 7) is 3.16. The van der Waals surface area contributed by atoms with Gasteiger partial charge in [-0.3, -0.25) is 0 Å². The van der Waals surface area contributed by atoms with Gasteiger partial charge in [-0.1, -0.05) is 6.07 Å². The molecular formula is C18H20N8O. The van der Waals surface area contributed by atoms with Crippen molar-refractivity contribution >= 4 is 12.0 Å². The highest BCUT2D eigenvalue weighted by Crippen LogP contribution is 2.10. The molecule has 1 aliphatic heterocycles. The molecule has 3 aromatic rings. The molecule has 0 unspecified atom stereocenters. The van der Waals surface area contributed by atoms with Gasteiger partial charge in [0.25, 0.3) is 0 Å². The molecule has 0 spiro atoms. The van der Waals surface area contributed by atoms with Crippen LogP contribution in [0.25, 0.3) is 5.82 Å². The second kappa shape index (κ2) is 7.81. The van der Waals surface area contributed by atoms with Gasteiger partial charge in [-0.2, -0.15) is 5.10 Å². The van der Waals surface area contributed by atoms with E-state index in [0.717, 1.165) is 24.5 Å². The molecule has 4 heterocycles. The molecule has 0 aromatic carbocycles. The minimum Gasteiger partial charge on any atom is -0.337 e. The topological polar surface area (TPSA) is 92.1 Å². The predicted molar refractivity (Wildman–Crippen MR) is 99.4 cm³/mol. The van der Waals surface area contributed by atoms with E-state index in [4.69, 9.17) is 0 Å². The molecule has 1 saturated heterocycles. The van der Waals surface area contributed by atoms with E-state index in [2.05, 4.69) is 30.3 Å². The lowest BCUT2D eigenvalue weighted by molar-refractivity contribution is 0.193. The molecule has 0 saturated carbocycles. The van der Waals surface area contributed by atoms with E-state index >= 15 is 0 Å². The van der Waals surface area contributed by atoms with Crippen LogP contribution < -0.4 is 10.2 Å². The van der Waals surface area contributed by atoms with Gasteiger partial charge in [0.15, 0.2) is 5.82 Å². The van der Waals surface area contributed by atoms with Crippen molar-refractivity contribution in [3.05, 3.63) is 60.8 Å². The van der Waals surface area contributed by atoms with E-state index in [0.29, 0.717) is 25.6 Å². The van der Waals surface area contributed by atoms with E-state index in [-0.39, 0.29) is 6.03 Å². The van der Waals surface area contributed by atoms with Crippen molar-refractivity contribution in [1.29, 1.82) is 0 Å². The van der Waals surface area contributed by atoms with Crippen LogP contribution in [0.4, 0.5) is 10.7 Å². The van der Waals surface area contributed by atoms with Gasteiger partial charge < -0.3 is 15.1 Å². The first kappa shape index (κ1) is 17.0. The highest BCUT2D eigenvalue weighted by atomic mass is 16.2. The van der Waals surface area contributed by atoms with Gasteiger partial charge in [0, 0.05) is 63.7 Å². The number of hydrogen-bond acceptors (Lipinski definition) is 6. The van der Waals surface area contributed by atoms with Crippen LogP contribution in [0.15, 0.2) is 55.2 Å². The van der Waals surface area contributed by atoms with Crippen molar-refractivity contribution in [2.75, 3.05) is 31.1 Å². The van der Waals surface area contributed by atoms with Crippen molar-refractivity contribution in [1.82, 2.24) is 34.9 Å². The minimum atomic E-state index is -0.0696. The van der Waals surface area contributed by atoms with E-state index in [1.54, 1.807) is 35.5 Å². The molecule has 9 nitrogen and oxygen atoms in total. The number of nitrogens with zero attached hydrogens (tertiary/aromatic N) is 7. The summed E-state index contributed by atoms with van der Waals surface area (Å²) in [6, 6.07) is 7.39. The number of rotatable bonds is 4. The average Bonchev–Trinajstić information content (AvgIpc) is 3.28. The first-order valence-electron chi connectivity index (χ1n) is 8.79. The van der Waals surface area contributed by atoms with Gasteiger partial charge in [-0.15, -0.1) is 0 Å². The van der Waals surface area contributed by atoms with Crippen molar-refractivity contribution in [3.63, 3.8) is 0 Å². The van der Waals surface area contributed by atoms with Crippen LogP contribution in [-0.2, 0) is 6.54 Å². The minimum absolute atomic E-state index is 0.0696. The van der Waals surface area contributed by atoms with Crippen LogP contribution in [0.1, 0.15) is 5.56 Å². The number of anilines is 1. The third kappa shape index (κ3) is 4.02. The SMILES string of the molecule is O=C(NCc1ccc(-n2cccn2)nc1)N1CCN(c2ncccn2)CC1. The quantitative estimate of drug-likeness (QED) is 0.745. The molecular weight excluding hydrogens is 344 g/mol. The van der Waals surface area contributed by atoms with Crippen LogP contribution in [0.3, 0.4) is 0 Å². The summed E-state index contributed by atoms with van der Waals surface area (Å²) in [5.41, 5.74) is 0.940. The monoisotopic (exact) mass is 364 g/mol. The van der Waals surface area contributed by atoms with Gasteiger partial charge in [0.1, 0.15) is 0 Å². The first-order valence-corrected chi connectivity index (χ1v) is 8.79. The maximum absolute atomic E-state index is 12.4. The number of nitrogens with one attached hydrogen (secondary N) is 1. The molecule has 1 N–H and O–H groups in total. The normalized spacial score (nSPS) is 14.2. The Morgan fingerprint density at radius 2 is 1.81 bits per heavy atom. The summed E-state index contributed by atoms with van der Waals surface area (Å²) in [5, 5.41) is 7.10. The number of piperazine rings is 1. The first-order chi connectivity index (χ1) is 13.3. The standard InChI is InChI=1S/C18H20N8O/c27-18(25-11-9-24(10-12-25)17-19-5-1-6-20-17)22-14-15-3-4-16(21-13-15)26-8-2-7-23-26/h1-8,13H,9-12,14H2,(H,22,27). The number of hydrogen-bond donors (Lipinski definition) is 1. The number of pyridine rings is 1. The van der Waals surface area contributed by atoms with Gasteiger partial charge in [0.2, 0.25) is 5.95 Å². The van der Waals surface area contributed by atoms with Crippen molar-refractivity contribution < 1.29 is 4.79 Å². The highest BCUT2D eigenvalue weighted by molar-refractivity contribution is 5.74. The fraction of sp³-hybridized carbons (Fsp3) is 0.278. The van der Waals surface area contributed by atoms with Crippen LogP contribution in [-0.4, -0.2) is 61.8 Å². The Kier molecular flexibility index (Phi) is 4.91. The van der Waals surface area contributed by atoms with Crippen molar-refractivity contribution in [2.45, 2.75) is 6.54 Å². The third-order valence-corrected chi connectivity index (χ3v) is 4.39. The average molecular weight is 364 g/mol. The fourth-order valence-corrected chi connectivity index (χ4v) is 2.91. The summed E-state index contributed by atoms with van der Waals surface area (Å²) in [6.07, 6.45) is 8.76. The molecule has 2 amide bonds. The maximum Gasteiger partial charge on any atom is 0.317 e. The van der Waals surface area contributed by atoms with Gasteiger partial charge in [-0.05, 0) is 23.8 Å². The molecule has 3 aromatic heterocycles. The molecule has 1 aliphatic rings. The Morgan fingerprint density at radius 3 is 2.48 bits per heavy atom. The zero-order valence-electron chi connectivity index (χ0n) is 14.8. The fourth-order valence-electron chi connectivity index (χ4n) is 2.91. The molecule has 9 heteroatoms. The summed E-state index contributed by atoms with van der Waals surface area (Å²) < 4.78 is 1.69. The number of carbonyl (C=O) groups is 1. The third-order valence-electron chi connectivity index (χ3n) is 4.39. The molecule has 138 valence electrons. The lowest BCUT2D eigenvalue weighted by Gasteiger charge is -2.34. The highest BCUT2D eigenvalue weighted by Gasteiger charge is 2.22. The van der Waals surface area contributed by atoms with Crippen LogP contribution in [0, 0.1) is 0 Å². The van der Waals surface area contributed by atoms with Crippen LogP contribution in [0.5, 0.6) is 0 Å². The van der Waals surface area contributed by atoms with Gasteiger partial charge >= 0.3 is 6.03 Å².